The first-order valence-electron chi connectivity index (χ1n) is 18.1. The Morgan fingerprint density at radius 2 is 0.981 bits per heavy atom. The van der Waals surface area contributed by atoms with Crippen molar-refractivity contribution in [1.82, 2.24) is 4.57 Å². The third kappa shape index (κ3) is 4.15. The molecule has 0 bridgehead atoms. The highest BCUT2D eigenvalue weighted by molar-refractivity contribution is 7.00. The van der Waals surface area contributed by atoms with Gasteiger partial charge in [-0.3, -0.25) is 0 Å². The van der Waals surface area contributed by atoms with E-state index in [1.807, 2.05) is 0 Å². The van der Waals surface area contributed by atoms with E-state index in [-0.39, 0.29) is 6.71 Å². The monoisotopic (exact) mass is 663 g/mol. The average molecular weight is 664 g/mol. The predicted octanol–water partition coefficient (Wildman–Crippen LogP) is 10.6. The van der Waals surface area contributed by atoms with Crippen molar-refractivity contribution in [2.45, 2.75) is 13.8 Å². The molecule has 0 aliphatic carbocycles. The van der Waals surface area contributed by atoms with Crippen molar-refractivity contribution in [3.63, 3.8) is 0 Å². The van der Waals surface area contributed by atoms with Gasteiger partial charge in [0.05, 0.1) is 11.0 Å². The summed E-state index contributed by atoms with van der Waals surface area (Å²) in [4.78, 5) is 4.96. The van der Waals surface area contributed by atoms with Gasteiger partial charge in [0.2, 0.25) is 0 Å². The molecule has 3 heterocycles. The van der Waals surface area contributed by atoms with Gasteiger partial charge in [-0.15, -0.1) is 0 Å². The zero-order chi connectivity index (χ0) is 34.5. The number of hydrogen-bond acceptors (Lipinski definition) is 2. The van der Waals surface area contributed by atoms with Gasteiger partial charge in [-0.1, -0.05) is 102 Å². The molecule has 2 aliphatic heterocycles. The van der Waals surface area contributed by atoms with Crippen LogP contribution in [0.25, 0.3) is 38.3 Å². The van der Waals surface area contributed by atoms with Crippen LogP contribution < -0.4 is 26.2 Å². The largest absolute Gasteiger partial charge is 0.311 e. The Bertz CT molecular complexity index is 2850. The molecule has 9 aromatic rings. The topological polar surface area (TPSA) is 11.4 Å². The standard InChI is InChI=1S/C48H34BN3/c1-31-19-25-42-38(27-31)39-28-32(2)20-26-43(39)51(42)37-23-24-41-47(30-37)50(35-13-4-3-5-14-35)45-17-10-18-46-48(45)49(41)40-15-8-9-16-44(40)52(46)36-22-21-33-11-6-7-12-34(33)29-36/h3-30H,1-2H3. The fourth-order valence-corrected chi connectivity index (χ4v) is 8.99. The summed E-state index contributed by atoms with van der Waals surface area (Å²) in [6.45, 7) is 4.44. The van der Waals surface area contributed by atoms with Crippen LogP contribution in [-0.4, -0.2) is 11.3 Å². The van der Waals surface area contributed by atoms with Crippen molar-refractivity contribution in [2.75, 3.05) is 9.80 Å². The number of para-hydroxylation sites is 2. The zero-order valence-electron chi connectivity index (χ0n) is 29.1. The summed E-state index contributed by atoms with van der Waals surface area (Å²) >= 11 is 0. The van der Waals surface area contributed by atoms with Gasteiger partial charge in [0, 0.05) is 50.6 Å². The SMILES string of the molecule is Cc1ccc2c(c1)c1cc(C)ccc1n2-c1ccc2c(c1)N(c1ccccc1)c1cccc3c1B2c1ccccc1N3c1ccc2ccccc2c1. The van der Waals surface area contributed by atoms with Crippen molar-refractivity contribution < 1.29 is 0 Å². The number of fused-ring (bicyclic) bond motifs is 8. The van der Waals surface area contributed by atoms with Crippen LogP contribution >= 0.6 is 0 Å². The minimum atomic E-state index is 0.0755. The van der Waals surface area contributed by atoms with Crippen molar-refractivity contribution in [1.29, 1.82) is 0 Å². The smallest absolute Gasteiger partial charge is 0.252 e. The molecule has 8 aromatic carbocycles. The van der Waals surface area contributed by atoms with Crippen LogP contribution in [0.1, 0.15) is 11.1 Å². The number of benzene rings is 8. The molecule has 1 aromatic heterocycles. The second-order valence-corrected chi connectivity index (χ2v) is 14.4. The molecule has 0 spiro atoms. The Balaban J connectivity index is 1.19. The summed E-state index contributed by atoms with van der Waals surface area (Å²) in [5, 5.41) is 5.07. The molecule has 3 nitrogen and oxygen atoms in total. The van der Waals surface area contributed by atoms with Gasteiger partial charge in [0.1, 0.15) is 0 Å². The Kier molecular flexibility index (Phi) is 6.18. The molecule has 0 amide bonds. The fourth-order valence-electron chi connectivity index (χ4n) is 8.99. The van der Waals surface area contributed by atoms with Crippen LogP contribution in [0.15, 0.2) is 170 Å². The molecule has 52 heavy (non-hydrogen) atoms. The van der Waals surface area contributed by atoms with E-state index in [1.165, 1.54) is 88.5 Å². The predicted molar refractivity (Wildman–Crippen MR) is 222 cm³/mol. The molecule has 244 valence electrons. The highest BCUT2D eigenvalue weighted by Crippen LogP contribution is 2.45. The van der Waals surface area contributed by atoms with Crippen molar-refractivity contribution >= 4 is 89.8 Å². The third-order valence-electron chi connectivity index (χ3n) is 11.2. The number of nitrogens with zero attached hydrogens (tertiary/aromatic N) is 3. The Hall–Kier alpha value is -6.52. The van der Waals surface area contributed by atoms with Gasteiger partial charge in [0.15, 0.2) is 0 Å². The van der Waals surface area contributed by atoms with Crippen LogP contribution in [0.2, 0.25) is 0 Å². The van der Waals surface area contributed by atoms with E-state index < -0.39 is 0 Å². The minimum absolute atomic E-state index is 0.0755. The number of rotatable bonds is 3. The summed E-state index contributed by atoms with van der Waals surface area (Å²) in [5.41, 5.74) is 17.3. The summed E-state index contributed by atoms with van der Waals surface area (Å²) in [6.07, 6.45) is 0. The Morgan fingerprint density at radius 3 is 1.73 bits per heavy atom. The lowest BCUT2D eigenvalue weighted by Gasteiger charge is -2.44. The zero-order valence-corrected chi connectivity index (χ0v) is 29.1. The van der Waals surface area contributed by atoms with Crippen molar-refractivity contribution in [3.05, 3.63) is 181 Å². The lowest BCUT2D eigenvalue weighted by molar-refractivity contribution is 1.17. The quantitative estimate of drug-likeness (QED) is 0.174. The molecule has 0 N–H and O–H groups in total. The van der Waals surface area contributed by atoms with Crippen LogP contribution in [0.3, 0.4) is 0 Å². The van der Waals surface area contributed by atoms with Crippen LogP contribution in [-0.2, 0) is 0 Å². The molecule has 0 atom stereocenters. The van der Waals surface area contributed by atoms with Gasteiger partial charge in [0.25, 0.3) is 6.71 Å². The van der Waals surface area contributed by atoms with Gasteiger partial charge in [-0.05, 0) is 120 Å². The highest BCUT2D eigenvalue weighted by atomic mass is 15.2. The second kappa shape index (κ2) is 11.0. The molecule has 2 aliphatic rings. The number of aromatic nitrogens is 1. The summed E-state index contributed by atoms with van der Waals surface area (Å²) in [6, 6.07) is 63.1. The van der Waals surface area contributed by atoms with Crippen molar-refractivity contribution in [2.24, 2.45) is 0 Å². The molecule has 0 saturated carbocycles. The van der Waals surface area contributed by atoms with Crippen LogP contribution in [0, 0.1) is 13.8 Å². The molecule has 11 rings (SSSR count). The lowest BCUT2D eigenvalue weighted by atomic mass is 9.33. The van der Waals surface area contributed by atoms with E-state index in [0.29, 0.717) is 0 Å². The molecule has 4 heteroatoms. The summed E-state index contributed by atoms with van der Waals surface area (Å²) < 4.78 is 2.45. The molecule has 0 saturated heterocycles. The van der Waals surface area contributed by atoms with E-state index in [0.717, 1.165) is 11.4 Å². The van der Waals surface area contributed by atoms with Crippen molar-refractivity contribution in [3.8, 4) is 5.69 Å². The first-order valence-corrected chi connectivity index (χ1v) is 18.1. The van der Waals surface area contributed by atoms with E-state index in [2.05, 4.69) is 198 Å². The molecule has 0 fully saturated rings. The van der Waals surface area contributed by atoms with E-state index >= 15 is 0 Å². The Labute approximate surface area is 303 Å². The summed E-state index contributed by atoms with van der Waals surface area (Å²) in [5.74, 6) is 0. The van der Waals surface area contributed by atoms with Crippen LogP contribution in [0.4, 0.5) is 34.1 Å². The van der Waals surface area contributed by atoms with E-state index in [1.54, 1.807) is 0 Å². The van der Waals surface area contributed by atoms with E-state index in [4.69, 9.17) is 0 Å². The fraction of sp³-hybridized carbons (Fsp3) is 0.0417. The summed E-state index contributed by atoms with van der Waals surface area (Å²) in [7, 11) is 0. The number of aryl methyl sites for hydroxylation is 2. The first-order chi connectivity index (χ1) is 25.6. The molecular formula is C48H34BN3. The number of hydrogen-bond donors (Lipinski definition) is 0. The van der Waals surface area contributed by atoms with E-state index in [9.17, 15) is 0 Å². The van der Waals surface area contributed by atoms with Gasteiger partial charge in [-0.2, -0.15) is 0 Å². The normalized spacial score (nSPS) is 13.1. The van der Waals surface area contributed by atoms with Gasteiger partial charge >= 0.3 is 0 Å². The molecule has 0 unspecified atom stereocenters. The maximum absolute atomic E-state index is 2.49. The highest BCUT2D eigenvalue weighted by Gasteiger charge is 2.43. The van der Waals surface area contributed by atoms with Gasteiger partial charge in [-0.25, -0.2) is 0 Å². The maximum atomic E-state index is 2.49. The van der Waals surface area contributed by atoms with Gasteiger partial charge < -0.3 is 14.4 Å². The molecule has 0 radical (unpaired) electrons. The maximum Gasteiger partial charge on any atom is 0.252 e. The Morgan fingerprint density at radius 1 is 0.385 bits per heavy atom. The van der Waals surface area contributed by atoms with Crippen LogP contribution in [0.5, 0.6) is 0 Å². The molecular weight excluding hydrogens is 629 g/mol. The lowest BCUT2D eigenvalue weighted by Crippen LogP contribution is -2.61. The first kappa shape index (κ1) is 29.2. The average Bonchev–Trinajstić information content (AvgIpc) is 3.50. The minimum Gasteiger partial charge on any atom is -0.311 e. The second-order valence-electron chi connectivity index (χ2n) is 14.4. The number of anilines is 6. The third-order valence-corrected chi connectivity index (χ3v) is 11.2.